The minimum atomic E-state index is -0.715. The maximum Gasteiger partial charge on any atom is 0.306 e. The molecule has 0 amide bonds. The van der Waals surface area contributed by atoms with Crippen LogP contribution in [0.15, 0.2) is 35.1 Å². The molecule has 29 heavy (non-hydrogen) atoms. The second kappa shape index (κ2) is 6.84. The van der Waals surface area contributed by atoms with Crippen molar-refractivity contribution in [2.45, 2.75) is 31.6 Å². The largest absolute Gasteiger partial charge is 0.481 e. The first-order valence-corrected chi connectivity index (χ1v) is 10.3. The number of hydrogen-bond donors (Lipinski definition) is 3. The summed E-state index contributed by atoms with van der Waals surface area (Å²) < 4.78 is 2.74. The summed E-state index contributed by atoms with van der Waals surface area (Å²) in [5.41, 5.74) is 9.42. The Hall–Kier alpha value is -2.94. The lowest BCUT2D eigenvalue weighted by atomic mass is 9.82. The van der Waals surface area contributed by atoms with Gasteiger partial charge in [-0.15, -0.1) is 0 Å². The molecule has 1 saturated carbocycles. The summed E-state index contributed by atoms with van der Waals surface area (Å²) in [5, 5.41) is 14.8. The number of halogens is 1. The molecule has 3 aromatic heterocycles. The van der Waals surface area contributed by atoms with Crippen LogP contribution in [0.2, 0.25) is 0 Å². The molecule has 1 aliphatic carbocycles. The van der Waals surface area contributed by atoms with Gasteiger partial charge in [0.15, 0.2) is 5.82 Å². The summed E-state index contributed by atoms with van der Waals surface area (Å²) in [6.07, 6.45) is 4.24. The molecule has 9 heteroatoms. The van der Waals surface area contributed by atoms with Crippen molar-refractivity contribution in [2.24, 2.45) is 5.92 Å². The van der Waals surface area contributed by atoms with Crippen LogP contribution < -0.4 is 5.73 Å². The van der Waals surface area contributed by atoms with Crippen LogP contribution >= 0.6 is 15.9 Å². The molecule has 0 atom stereocenters. The number of anilines is 1. The highest BCUT2D eigenvalue weighted by atomic mass is 79.9. The molecule has 4 aromatic rings. The van der Waals surface area contributed by atoms with Gasteiger partial charge >= 0.3 is 5.97 Å². The van der Waals surface area contributed by atoms with Gasteiger partial charge < -0.3 is 15.8 Å². The number of nitrogens with two attached hydrogens (primary N) is 1. The number of aromatic nitrogens is 5. The zero-order valence-corrected chi connectivity index (χ0v) is 17.1. The van der Waals surface area contributed by atoms with E-state index in [0.29, 0.717) is 29.9 Å². The van der Waals surface area contributed by atoms with Crippen LogP contribution in [0.1, 0.15) is 37.4 Å². The molecule has 4 N–H and O–H groups in total. The van der Waals surface area contributed by atoms with Gasteiger partial charge in [-0.05, 0) is 53.7 Å². The molecule has 8 nitrogen and oxygen atoms in total. The summed E-state index contributed by atoms with van der Waals surface area (Å²) in [5.74, 6) is 0.323. The lowest BCUT2D eigenvalue weighted by Gasteiger charge is -2.24. The zero-order chi connectivity index (χ0) is 20.1. The first kappa shape index (κ1) is 18.1. The zero-order valence-electron chi connectivity index (χ0n) is 15.5. The van der Waals surface area contributed by atoms with Gasteiger partial charge in [0.25, 0.3) is 0 Å². The monoisotopic (exact) mass is 454 g/mol. The fraction of sp³-hybridized carbons (Fsp3) is 0.300. The smallest absolute Gasteiger partial charge is 0.306 e. The fourth-order valence-electron chi connectivity index (χ4n) is 4.27. The van der Waals surface area contributed by atoms with Crippen molar-refractivity contribution in [3.05, 3.63) is 40.9 Å². The lowest BCUT2D eigenvalue weighted by Crippen LogP contribution is -2.21. The van der Waals surface area contributed by atoms with E-state index >= 15 is 0 Å². The number of nitrogens with zero attached hydrogens (tertiary/aromatic N) is 4. The highest BCUT2D eigenvalue weighted by Gasteiger charge is 2.31. The standard InChI is InChI=1S/C20H19BrN6O2/c21-13-3-1-2-12-8-14(25-15(12)13)16-17-18(22)23-9-24-27(17)19(26-16)10-4-6-11(7-5-10)20(28)29/h1-3,8-11,25H,4-7H2,(H,28,29)(H2,22,23,24). The Balaban J connectivity index is 1.63. The Bertz CT molecular complexity index is 1240. The Morgan fingerprint density at radius 3 is 2.79 bits per heavy atom. The molecular weight excluding hydrogens is 436 g/mol. The minimum absolute atomic E-state index is 0.136. The van der Waals surface area contributed by atoms with E-state index in [1.807, 2.05) is 24.3 Å². The van der Waals surface area contributed by atoms with Crippen molar-refractivity contribution in [3.8, 4) is 11.4 Å². The number of H-pyrrole nitrogens is 1. The van der Waals surface area contributed by atoms with Crippen molar-refractivity contribution in [1.82, 2.24) is 24.6 Å². The molecule has 1 aromatic carbocycles. The maximum absolute atomic E-state index is 11.3. The fourth-order valence-corrected chi connectivity index (χ4v) is 4.76. The van der Waals surface area contributed by atoms with Crippen molar-refractivity contribution in [3.63, 3.8) is 0 Å². The third-order valence-electron chi connectivity index (χ3n) is 5.79. The SMILES string of the molecule is Nc1ncnn2c(C3CCC(C(=O)O)CC3)nc(-c3cc4cccc(Br)c4[nH]3)c12. The maximum atomic E-state index is 11.3. The lowest BCUT2D eigenvalue weighted by molar-refractivity contribution is -0.142. The number of carbonyl (C=O) groups is 1. The number of fused-ring (bicyclic) bond motifs is 2. The van der Waals surface area contributed by atoms with E-state index in [1.165, 1.54) is 6.33 Å². The van der Waals surface area contributed by atoms with Crippen LogP contribution in [0.4, 0.5) is 5.82 Å². The molecule has 1 fully saturated rings. The highest BCUT2D eigenvalue weighted by Crippen LogP contribution is 2.38. The summed E-state index contributed by atoms with van der Waals surface area (Å²) in [6, 6.07) is 8.04. The van der Waals surface area contributed by atoms with Crippen LogP contribution in [0, 0.1) is 5.92 Å². The average molecular weight is 455 g/mol. The molecule has 0 radical (unpaired) electrons. The number of carboxylic acids is 1. The van der Waals surface area contributed by atoms with Crippen molar-refractivity contribution in [2.75, 3.05) is 5.73 Å². The number of hydrogen-bond acceptors (Lipinski definition) is 5. The molecule has 148 valence electrons. The topological polar surface area (TPSA) is 122 Å². The molecule has 0 unspecified atom stereocenters. The molecule has 3 heterocycles. The predicted molar refractivity (Wildman–Crippen MR) is 113 cm³/mol. The van der Waals surface area contributed by atoms with Crippen LogP contribution in [-0.4, -0.2) is 35.6 Å². The quantitative estimate of drug-likeness (QED) is 0.430. The van der Waals surface area contributed by atoms with Crippen LogP contribution in [-0.2, 0) is 4.79 Å². The number of aromatic amines is 1. The van der Waals surface area contributed by atoms with E-state index < -0.39 is 5.97 Å². The van der Waals surface area contributed by atoms with E-state index in [-0.39, 0.29) is 11.8 Å². The van der Waals surface area contributed by atoms with Gasteiger partial charge in [-0.25, -0.2) is 14.5 Å². The number of rotatable bonds is 3. The van der Waals surface area contributed by atoms with Gasteiger partial charge in [-0.1, -0.05) is 12.1 Å². The molecule has 0 saturated heterocycles. The summed E-state index contributed by atoms with van der Waals surface area (Å²) in [7, 11) is 0. The van der Waals surface area contributed by atoms with Crippen LogP contribution in [0.5, 0.6) is 0 Å². The Morgan fingerprint density at radius 1 is 1.28 bits per heavy atom. The van der Waals surface area contributed by atoms with Gasteiger partial charge in [0, 0.05) is 15.8 Å². The molecule has 0 aliphatic heterocycles. The number of nitrogen functional groups attached to an aromatic ring is 1. The second-order valence-corrected chi connectivity index (χ2v) is 8.35. The van der Waals surface area contributed by atoms with E-state index in [0.717, 1.165) is 39.7 Å². The van der Waals surface area contributed by atoms with E-state index in [1.54, 1.807) is 4.52 Å². The molecule has 0 bridgehead atoms. The molecule has 1 aliphatic rings. The number of benzene rings is 1. The summed E-state index contributed by atoms with van der Waals surface area (Å²) in [4.78, 5) is 23.8. The summed E-state index contributed by atoms with van der Waals surface area (Å²) in [6.45, 7) is 0. The first-order chi connectivity index (χ1) is 14.0. The van der Waals surface area contributed by atoms with Gasteiger partial charge in [-0.2, -0.15) is 5.10 Å². The second-order valence-electron chi connectivity index (χ2n) is 7.50. The first-order valence-electron chi connectivity index (χ1n) is 9.52. The van der Waals surface area contributed by atoms with Crippen molar-refractivity contribution in [1.29, 1.82) is 0 Å². The highest BCUT2D eigenvalue weighted by molar-refractivity contribution is 9.10. The van der Waals surface area contributed by atoms with Crippen LogP contribution in [0.3, 0.4) is 0 Å². The molecular formula is C20H19BrN6O2. The number of nitrogens with one attached hydrogen (secondary N) is 1. The number of carboxylic acid groups (broad SMARTS) is 1. The van der Waals surface area contributed by atoms with Gasteiger partial charge in [0.2, 0.25) is 0 Å². The van der Waals surface area contributed by atoms with E-state index in [4.69, 9.17) is 10.7 Å². The Labute approximate surface area is 174 Å². The van der Waals surface area contributed by atoms with E-state index in [2.05, 4.69) is 31.0 Å². The Kier molecular flexibility index (Phi) is 4.27. The molecule has 5 rings (SSSR count). The minimum Gasteiger partial charge on any atom is -0.481 e. The Morgan fingerprint density at radius 2 is 2.07 bits per heavy atom. The number of para-hydroxylation sites is 1. The van der Waals surface area contributed by atoms with Gasteiger partial charge in [0.05, 0.1) is 17.1 Å². The van der Waals surface area contributed by atoms with Gasteiger partial charge in [-0.3, -0.25) is 4.79 Å². The summed E-state index contributed by atoms with van der Waals surface area (Å²) >= 11 is 3.58. The third-order valence-corrected chi connectivity index (χ3v) is 6.45. The van der Waals surface area contributed by atoms with Crippen molar-refractivity contribution < 1.29 is 9.90 Å². The normalized spacial score (nSPS) is 19.8. The number of aliphatic carboxylic acids is 1. The molecule has 0 spiro atoms. The van der Waals surface area contributed by atoms with E-state index in [9.17, 15) is 9.90 Å². The predicted octanol–water partition coefficient (Wildman–Crippen LogP) is 3.98. The number of imidazole rings is 1. The average Bonchev–Trinajstić information content (AvgIpc) is 3.31. The third kappa shape index (κ3) is 2.96. The van der Waals surface area contributed by atoms with Gasteiger partial charge in [0.1, 0.15) is 23.4 Å². The van der Waals surface area contributed by atoms with Crippen LogP contribution in [0.25, 0.3) is 27.8 Å². The van der Waals surface area contributed by atoms with Crippen molar-refractivity contribution >= 4 is 44.1 Å².